The van der Waals surface area contributed by atoms with Gasteiger partial charge in [0.05, 0.1) is 12.8 Å². The summed E-state index contributed by atoms with van der Waals surface area (Å²) in [6.45, 7) is 3.87. The highest BCUT2D eigenvalue weighted by Crippen LogP contribution is 2.12. The Morgan fingerprint density at radius 1 is 1.38 bits per heavy atom. The van der Waals surface area contributed by atoms with E-state index in [4.69, 9.17) is 9.47 Å². The van der Waals surface area contributed by atoms with E-state index in [0.717, 1.165) is 17.0 Å². The van der Waals surface area contributed by atoms with E-state index in [1.807, 2.05) is 19.1 Å². The summed E-state index contributed by atoms with van der Waals surface area (Å²) in [7, 11) is 0. The van der Waals surface area contributed by atoms with E-state index in [2.05, 4.69) is 20.9 Å². The Morgan fingerprint density at radius 3 is 2.85 bits per heavy atom. The Bertz CT molecular complexity index is 238. The van der Waals surface area contributed by atoms with Crippen LogP contribution in [0, 0.1) is 0 Å². The first kappa shape index (κ1) is 10.5. The van der Waals surface area contributed by atoms with Crippen molar-refractivity contribution in [3.05, 3.63) is 22.9 Å². The van der Waals surface area contributed by atoms with Gasteiger partial charge < -0.3 is 9.47 Å². The molecule has 0 spiro atoms. The molecule has 0 unspecified atom stereocenters. The lowest BCUT2D eigenvalue weighted by atomic mass is 10.5. The summed E-state index contributed by atoms with van der Waals surface area (Å²) in [6.07, 6.45) is 1.68. The molecule has 3 nitrogen and oxygen atoms in total. The fourth-order valence-electron chi connectivity index (χ4n) is 0.810. The molecule has 4 heteroatoms. The molecule has 0 aliphatic heterocycles. The first-order chi connectivity index (χ1) is 6.33. The maximum atomic E-state index is 5.35. The molecule has 1 aromatic rings. The minimum absolute atomic E-state index is 0.567. The van der Waals surface area contributed by atoms with Crippen LogP contribution in [0.25, 0.3) is 0 Å². The molecule has 1 heterocycles. The van der Waals surface area contributed by atoms with Gasteiger partial charge in [-0.25, -0.2) is 4.98 Å². The topological polar surface area (TPSA) is 31.4 Å². The summed E-state index contributed by atoms with van der Waals surface area (Å²) in [5.74, 6) is 0.767. The number of rotatable bonds is 5. The molecular formula is C9H12BrNO2. The molecule has 0 radical (unpaired) electrons. The third-order valence-corrected chi connectivity index (χ3v) is 1.87. The van der Waals surface area contributed by atoms with Crippen molar-refractivity contribution in [2.75, 3.05) is 19.8 Å². The van der Waals surface area contributed by atoms with Crippen LogP contribution in [0.1, 0.15) is 6.92 Å². The van der Waals surface area contributed by atoms with E-state index in [1.165, 1.54) is 0 Å². The molecular weight excluding hydrogens is 234 g/mol. The van der Waals surface area contributed by atoms with E-state index in [1.54, 1.807) is 6.20 Å². The number of hydrogen-bond acceptors (Lipinski definition) is 3. The first-order valence-corrected chi connectivity index (χ1v) is 4.94. The second-order valence-corrected chi connectivity index (χ2v) is 3.17. The molecule has 1 rings (SSSR count). The number of ether oxygens (including phenoxy) is 2. The van der Waals surface area contributed by atoms with Gasteiger partial charge in [-0.15, -0.1) is 0 Å². The predicted octanol–water partition coefficient (Wildman–Crippen LogP) is 2.26. The highest BCUT2D eigenvalue weighted by atomic mass is 79.9. The van der Waals surface area contributed by atoms with Crippen molar-refractivity contribution in [1.82, 2.24) is 4.98 Å². The van der Waals surface area contributed by atoms with Crippen LogP contribution in [-0.2, 0) is 4.74 Å². The standard InChI is InChI=1S/C9H12BrNO2/c1-2-12-5-6-13-8-3-4-9(10)11-7-8/h3-4,7H,2,5-6H2,1H3. The Kier molecular flexibility index (Phi) is 4.78. The average Bonchev–Trinajstić information content (AvgIpc) is 2.15. The number of halogens is 1. The molecule has 0 saturated heterocycles. The maximum absolute atomic E-state index is 5.35. The number of nitrogens with zero attached hydrogens (tertiary/aromatic N) is 1. The molecule has 0 atom stereocenters. The lowest BCUT2D eigenvalue weighted by Crippen LogP contribution is -2.06. The molecule has 0 amide bonds. The summed E-state index contributed by atoms with van der Waals surface area (Å²) < 4.78 is 11.3. The van der Waals surface area contributed by atoms with Gasteiger partial charge in [0.1, 0.15) is 17.0 Å². The van der Waals surface area contributed by atoms with Gasteiger partial charge in [0, 0.05) is 6.61 Å². The number of hydrogen-bond donors (Lipinski definition) is 0. The maximum Gasteiger partial charge on any atom is 0.137 e. The molecule has 0 fully saturated rings. The summed E-state index contributed by atoms with van der Waals surface area (Å²) in [6, 6.07) is 3.71. The molecule has 0 bridgehead atoms. The minimum atomic E-state index is 0.567. The minimum Gasteiger partial charge on any atom is -0.490 e. The largest absolute Gasteiger partial charge is 0.490 e. The Hall–Kier alpha value is -0.610. The van der Waals surface area contributed by atoms with Gasteiger partial charge in [0.15, 0.2) is 0 Å². The Labute approximate surface area is 86.2 Å². The van der Waals surface area contributed by atoms with Crippen LogP contribution in [0.2, 0.25) is 0 Å². The van der Waals surface area contributed by atoms with Gasteiger partial charge in [-0.3, -0.25) is 0 Å². The third-order valence-electron chi connectivity index (χ3n) is 1.40. The molecule has 0 N–H and O–H groups in total. The van der Waals surface area contributed by atoms with Crippen molar-refractivity contribution in [1.29, 1.82) is 0 Å². The fraction of sp³-hybridized carbons (Fsp3) is 0.444. The molecule has 0 aromatic carbocycles. The van der Waals surface area contributed by atoms with Crippen molar-refractivity contribution < 1.29 is 9.47 Å². The van der Waals surface area contributed by atoms with Crippen molar-refractivity contribution in [2.24, 2.45) is 0 Å². The van der Waals surface area contributed by atoms with Crippen molar-refractivity contribution in [3.8, 4) is 5.75 Å². The number of pyridine rings is 1. The van der Waals surface area contributed by atoms with Crippen molar-refractivity contribution >= 4 is 15.9 Å². The van der Waals surface area contributed by atoms with Crippen LogP contribution in [0.3, 0.4) is 0 Å². The van der Waals surface area contributed by atoms with Gasteiger partial charge in [0.2, 0.25) is 0 Å². The SMILES string of the molecule is CCOCCOc1ccc(Br)nc1. The first-order valence-electron chi connectivity index (χ1n) is 4.15. The van der Waals surface area contributed by atoms with Crippen LogP contribution >= 0.6 is 15.9 Å². The third kappa shape index (κ3) is 4.24. The lowest BCUT2D eigenvalue weighted by Gasteiger charge is -2.04. The zero-order chi connectivity index (χ0) is 9.52. The van der Waals surface area contributed by atoms with Crippen molar-refractivity contribution in [2.45, 2.75) is 6.92 Å². The van der Waals surface area contributed by atoms with Crippen LogP contribution in [0.4, 0.5) is 0 Å². The van der Waals surface area contributed by atoms with E-state index >= 15 is 0 Å². The molecule has 13 heavy (non-hydrogen) atoms. The molecule has 72 valence electrons. The zero-order valence-electron chi connectivity index (χ0n) is 7.50. The normalized spacial score (nSPS) is 10.0. The van der Waals surface area contributed by atoms with Gasteiger partial charge >= 0.3 is 0 Å². The van der Waals surface area contributed by atoms with E-state index in [-0.39, 0.29) is 0 Å². The Balaban J connectivity index is 2.25. The van der Waals surface area contributed by atoms with Crippen LogP contribution < -0.4 is 4.74 Å². The predicted molar refractivity (Wildman–Crippen MR) is 53.9 cm³/mol. The molecule has 0 aliphatic rings. The fourth-order valence-corrected chi connectivity index (χ4v) is 1.04. The van der Waals surface area contributed by atoms with E-state index < -0.39 is 0 Å². The second kappa shape index (κ2) is 5.94. The zero-order valence-corrected chi connectivity index (χ0v) is 9.08. The average molecular weight is 246 g/mol. The molecule has 1 aromatic heterocycles. The summed E-state index contributed by atoms with van der Waals surface area (Å²) in [5.41, 5.74) is 0. The smallest absolute Gasteiger partial charge is 0.137 e. The molecule has 0 saturated carbocycles. The molecule has 0 aliphatic carbocycles. The van der Waals surface area contributed by atoms with Crippen LogP contribution in [0.5, 0.6) is 5.75 Å². The highest BCUT2D eigenvalue weighted by molar-refractivity contribution is 9.10. The quantitative estimate of drug-likeness (QED) is 0.589. The van der Waals surface area contributed by atoms with Gasteiger partial charge in [0.25, 0.3) is 0 Å². The van der Waals surface area contributed by atoms with E-state index in [0.29, 0.717) is 13.2 Å². The Morgan fingerprint density at radius 2 is 2.23 bits per heavy atom. The van der Waals surface area contributed by atoms with E-state index in [9.17, 15) is 0 Å². The van der Waals surface area contributed by atoms with Crippen LogP contribution in [0.15, 0.2) is 22.9 Å². The van der Waals surface area contributed by atoms with Gasteiger partial charge in [-0.05, 0) is 35.0 Å². The summed E-state index contributed by atoms with van der Waals surface area (Å²) in [5, 5.41) is 0. The van der Waals surface area contributed by atoms with Crippen molar-refractivity contribution in [3.63, 3.8) is 0 Å². The monoisotopic (exact) mass is 245 g/mol. The number of aromatic nitrogens is 1. The summed E-state index contributed by atoms with van der Waals surface area (Å²) >= 11 is 3.25. The van der Waals surface area contributed by atoms with Crippen LogP contribution in [-0.4, -0.2) is 24.8 Å². The van der Waals surface area contributed by atoms with Gasteiger partial charge in [-0.1, -0.05) is 0 Å². The highest BCUT2D eigenvalue weighted by Gasteiger charge is 1.93. The second-order valence-electron chi connectivity index (χ2n) is 2.36. The summed E-state index contributed by atoms with van der Waals surface area (Å²) in [4.78, 5) is 4.03. The lowest BCUT2D eigenvalue weighted by molar-refractivity contribution is 0.110. The van der Waals surface area contributed by atoms with Gasteiger partial charge in [-0.2, -0.15) is 0 Å².